The highest BCUT2D eigenvalue weighted by molar-refractivity contribution is 5.53. The van der Waals surface area contributed by atoms with Crippen LogP contribution in [0.4, 0.5) is 4.79 Å². The first kappa shape index (κ1) is 13.8. The Labute approximate surface area is 74.3 Å². The monoisotopic (exact) mass is 177 g/mol. The van der Waals surface area contributed by atoms with E-state index in [0.717, 1.165) is 11.6 Å². The first-order chi connectivity index (χ1) is 5.33. The normalized spacial score (nSPS) is 9.75. The van der Waals surface area contributed by atoms with Gasteiger partial charge in [-0.2, -0.15) is 0 Å². The highest BCUT2D eigenvalue weighted by Gasteiger charge is 2.01. The predicted octanol–water partition coefficient (Wildman–Crippen LogP) is 0.0787. The summed E-state index contributed by atoms with van der Waals surface area (Å²) in [6, 6.07) is 0. The number of hydrogen-bond donors (Lipinski definition) is 0. The molecule has 0 saturated heterocycles. The second-order valence-corrected chi connectivity index (χ2v) is 3.47. The third-order valence-electron chi connectivity index (χ3n) is 1.06. The van der Waals surface area contributed by atoms with Crippen LogP contribution in [0.2, 0.25) is 0 Å². The zero-order valence-electron chi connectivity index (χ0n) is 8.59. The molecule has 0 saturated carbocycles. The molecule has 0 atom stereocenters. The number of nitrogens with zero attached hydrogens (tertiary/aromatic N) is 1. The molecule has 4 nitrogen and oxygen atoms in total. The summed E-state index contributed by atoms with van der Waals surface area (Å²) in [4.78, 5) is 9.03. The van der Waals surface area contributed by atoms with Gasteiger partial charge in [0.05, 0.1) is 27.7 Å². The van der Waals surface area contributed by atoms with Crippen molar-refractivity contribution in [2.45, 2.75) is 13.3 Å². The van der Waals surface area contributed by atoms with Gasteiger partial charge in [-0.15, -0.1) is 0 Å². The summed E-state index contributed by atoms with van der Waals surface area (Å²) in [5.74, 6) is 0. The second kappa shape index (κ2) is 6.91. The summed E-state index contributed by atoms with van der Waals surface area (Å²) >= 11 is 0. The fraction of sp³-hybridized carbons (Fsp3) is 0.875. The van der Waals surface area contributed by atoms with E-state index in [-0.39, 0.29) is 0 Å². The van der Waals surface area contributed by atoms with Crippen LogP contribution in [0, 0.1) is 0 Å². The van der Waals surface area contributed by atoms with Gasteiger partial charge in [0.1, 0.15) is 0 Å². The lowest BCUT2D eigenvalue weighted by Gasteiger charge is -2.22. The number of carbonyl (C=O) groups is 1. The number of carbonyl (C=O) groups excluding carboxylic acids is 1. The van der Waals surface area contributed by atoms with E-state index in [4.69, 9.17) is 9.90 Å². The Morgan fingerprint density at radius 3 is 1.75 bits per heavy atom. The van der Waals surface area contributed by atoms with Crippen molar-refractivity contribution >= 4 is 6.16 Å². The average Bonchev–Trinajstić information content (AvgIpc) is 1.86. The van der Waals surface area contributed by atoms with Crippen LogP contribution in [0.15, 0.2) is 0 Å². The number of hydrogen-bond acceptors (Lipinski definition) is 3. The van der Waals surface area contributed by atoms with Gasteiger partial charge < -0.3 is 19.1 Å². The van der Waals surface area contributed by atoms with E-state index in [1.165, 1.54) is 13.0 Å². The van der Waals surface area contributed by atoms with Crippen molar-refractivity contribution in [2.75, 3.05) is 34.8 Å². The quantitative estimate of drug-likeness (QED) is 0.443. The maximum absolute atomic E-state index is 9.03. The van der Waals surface area contributed by atoms with Crippen molar-refractivity contribution in [2.24, 2.45) is 0 Å². The molecule has 12 heavy (non-hydrogen) atoms. The van der Waals surface area contributed by atoms with Gasteiger partial charge in [0.2, 0.25) is 0 Å². The summed E-state index contributed by atoms with van der Waals surface area (Å²) in [5, 5.41) is 9.03. The smallest absolute Gasteiger partial charge is 0.251 e. The molecule has 0 amide bonds. The number of methoxy groups -OCH3 is 1. The van der Waals surface area contributed by atoms with E-state index in [1.807, 2.05) is 0 Å². The minimum absolute atomic E-state index is 1.04. The average molecular weight is 177 g/mol. The lowest BCUT2D eigenvalue weighted by molar-refractivity contribution is -0.870. The van der Waals surface area contributed by atoms with Crippen molar-refractivity contribution in [3.05, 3.63) is 0 Å². The standard InChI is InChI=1S/C6H16N.C2H4O3/c1-5-6-7(2,3)4;1-5-2(3)4/h5-6H2,1-4H3;1H3,(H,3,4)/q+1;/p-1. The van der Waals surface area contributed by atoms with Crippen LogP contribution in [0.5, 0.6) is 0 Å². The van der Waals surface area contributed by atoms with Crippen LogP contribution in [-0.4, -0.2) is 45.4 Å². The van der Waals surface area contributed by atoms with Crippen molar-refractivity contribution in [1.29, 1.82) is 0 Å². The number of rotatable bonds is 2. The molecule has 4 heteroatoms. The van der Waals surface area contributed by atoms with Gasteiger partial charge in [-0.3, -0.25) is 0 Å². The maximum Gasteiger partial charge on any atom is 0.251 e. The van der Waals surface area contributed by atoms with Crippen molar-refractivity contribution in [3.8, 4) is 0 Å². The Balaban J connectivity index is 0. The second-order valence-electron chi connectivity index (χ2n) is 3.47. The molecule has 0 fully saturated rings. The predicted molar refractivity (Wildman–Crippen MR) is 45.6 cm³/mol. The molecule has 0 N–H and O–H groups in total. The Kier molecular flexibility index (Phi) is 7.94. The third-order valence-corrected chi connectivity index (χ3v) is 1.06. The SMILES string of the molecule is CCC[N+](C)(C)C.COC(=O)[O-]. The summed E-state index contributed by atoms with van der Waals surface area (Å²) in [6.07, 6.45) is -0.214. The van der Waals surface area contributed by atoms with Crippen LogP contribution in [0.3, 0.4) is 0 Å². The lowest BCUT2D eigenvalue weighted by atomic mass is 10.4. The van der Waals surface area contributed by atoms with Gasteiger partial charge in [0.15, 0.2) is 0 Å². The largest absolute Gasteiger partial charge is 0.553 e. The van der Waals surface area contributed by atoms with Gasteiger partial charge in [-0.05, 0) is 6.42 Å². The van der Waals surface area contributed by atoms with E-state index in [9.17, 15) is 0 Å². The molecule has 0 aliphatic heterocycles. The van der Waals surface area contributed by atoms with Crippen LogP contribution >= 0.6 is 0 Å². The van der Waals surface area contributed by atoms with Crippen molar-refractivity contribution in [3.63, 3.8) is 0 Å². The minimum atomic E-state index is -1.50. The molecule has 0 heterocycles. The molecule has 0 aliphatic carbocycles. The Morgan fingerprint density at radius 2 is 1.75 bits per heavy atom. The van der Waals surface area contributed by atoms with Crippen molar-refractivity contribution in [1.82, 2.24) is 0 Å². The van der Waals surface area contributed by atoms with Gasteiger partial charge in [0.25, 0.3) is 6.16 Å². The highest BCUT2D eigenvalue weighted by Crippen LogP contribution is 1.90. The highest BCUT2D eigenvalue weighted by atomic mass is 16.6. The Bertz CT molecular complexity index is 118. The van der Waals surface area contributed by atoms with Crippen LogP contribution < -0.4 is 5.11 Å². The first-order valence-electron chi connectivity index (χ1n) is 3.89. The van der Waals surface area contributed by atoms with Gasteiger partial charge in [-0.25, -0.2) is 0 Å². The molecule has 0 bridgehead atoms. The number of ether oxygens (including phenoxy) is 1. The van der Waals surface area contributed by atoms with E-state index in [0.29, 0.717) is 0 Å². The van der Waals surface area contributed by atoms with Crippen LogP contribution in [0.1, 0.15) is 13.3 Å². The van der Waals surface area contributed by atoms with Crippen LogP contribution in [-0.2, 0) is 4.74 Å². The topological polar surface area (TPSA) is 49.4 Å². The fourth-order valence-electron chi connectivity index (χ4n) is 0.671. The summed E-state index contributed by atoms with van der Waals surface area (Å²) in [6.45, 7) is 3.49. The molecule has 0 aromatic rings. The summed E-state index contributed by atoms with van der Waals surface area (Å²) in [5.41, 5.74) is 0. The number of carboxylic acid groups (broad SMARTS) is 1. The van der Waals surface area contributed by atoms with E-state index in [1.54, 1.807) is 0 Å². The maximum atomic E-state index is 9.03. The Morgan fingerprint density at radius 1 is 1.42 bits per heavy atom. The molecule has 0 aromatic carbocycles. The molecule has 0 aromatic heterocycles. The van der Waals surface area contributed by atoms with Gasteiger partial charge >= 0.3 is 0 Å². The van der Waals surface area contributed by atoms with E-state index in [2.05, 4.69) is 32.8 Å². The molecular weight excluding hydrogens is 158 g/mol. The molecule has 0 rings (SSSR count). The molecule has 0 spiro atoms. The summed E-state index contributed by atoms with van der Waals surface area (Å²) in [7, 11) is 7.67. The first-order valence-corrected chi connectivity index (χ1v) is 3.89. The van der Waals surface area contributed by atoms with E-state index < -0.39 is 6.16 Å². The number of quaternary nitrogens is 1. The third kappa shape index (κ3) is 22.9. The minimum Gasteiger partial charge on any atom is -0.553 e. The zero-order chi connectivity index (χ0) is 10.2. The van der Waals surface area contributed by atoms with Crippen LogP contribution in [0.25, 0.3) is 0 Å². The van der Waals surface area contributed by atoms with Gasteiger partial charge in [0, 0.05) is 7.11 Å². The van der Waals surface area contributed by atoms with Crippen molar-refractivity contribution < 1.29 is 19.1 Å². The lowest BCUT2D eigenvalue weighted by Crippen LogP contribution is -2.34. The zero-order valence-corrected chi connectivity index (χ0v) is 8.59. The molecule has 0 aliphatic rings. The van der Waals surface area contributed by atoms with Gasteiger partial charge in [-0.1, -0.05) is 6.92 Å². The molecular formula is C8H19NO3. The fourth-order valence-corrected chi connectivity index (χ4v) is 0.671. The molecule has 0 radical (unpaired) electrons. The molecule has 74 valence electrons. The Hall–Kier alpha value is -0.770. The summed E-state index contributed by atoms with van der Waals surface area (Å²) < 4.78 is 4.65. The molecule has 0 unspecified atom stereocenters. The van der Waals surface area contributed by atoms with E-state index >= 15 is 0 Å².